The van der Waals surface area contributed by atoms with Gasteiger partial charge in [-0.1, -0.05) is 23.2 Å². The first-order valence-corrected chi connectivity index (χ1v) is 8.11. The molecule has 1 fully saturated rings. The molecule has 1 aromatic rings. The summed E-state index contributed by atoms with van der Waals surface area (Å²) >= 11 is 12.2. The first kappa shape index (κ1) is 17.1. The second-order valence-corrected chi connectivity index (χ2v) is 6.74. The fourth-order valence-corrected chi connectivity index (χ4v) is 3.03. The van der Waals surface area contributed by atoms with Crippen LogP contribution >= 0.6 is 23.2 Å². The van der Waals surface area contributed by atoms with E-state index in [2.05, 4.69) is 5.32 Å². The molecule has 1 saturated heterocycles. The van der Waals surface area contributed by atoms with Gasteiger partial charge in [-0.2, -0.15) is 0 Å². The fourth-order valence-electron chi connectivity index (χ4n) is 2.55. The maximum absolute atomic E-state index is 12.4. The van der Waals surface area contributed by atoms with E-state index in [1.165, 1.54) is 0 Å². The molecule has 6 heteroatoms. The Morgan fingerprint density at radius 1 is 1.32 bits per heavy atom. The van der Waals surface area contributed by atoms with E-state index in [0.29, 0.717) is 35.1 Å². The number of likely N-dealkylation sites (tertiary alicyclic amines) is 1. The molecule has 120 valence electrons. The highest BCUT2D eigenvalue weighted by Gasteiger charge is 2.31. The van der Waals surface area contributed by atoms with Gasteiger partial charge in [0.05, 0.1) is 5.92 Å². The summed E-state index contributed by atoms with van der Waals surface area (Å²) < 4.78 is 0. The summed E-state index contributed by atoms with van der Waals surface area (Å²) in [6.07, 6.45) is 0.979. The Balaban J connectivity index is 2.08. The largest absolute Gasteiger partial charge is 0.339 e. The maximum atomic E-state index is 12.4. The van der Waals surface area contributed by atoms with Crippen LogP contribution in [0.5, 0.6) is 0 Å². The molecule has 2 amide bonds. The van der Waals surface area contributed by atoms with Gasteiger partial charge in [0.15, 0.2) is 0 Å². The van der Waals surface area contributed by atoms with E-state index in [9.17, 15) is 9.59 Å². The number of hydrogen-bond acceptors (Lipinski definition) is 2. The van der Waals surface area contributed by atoms with Crippen molar-refractivity contribution in [2.24, 2.45) is 5.92 Å². The van der Waals surface area contributed by atoms with Crippen LogP contribution in [0.2, 0.25) is 10.0 Å². The average molecular weight is 343 g/mol. The molecule has 0 spiro atoms. The molecule has 22 heavy (non-hydrogen) atoms. The van der Waals surface area contributed by atoms with Crippen molar-refractivity contribution >= 4 is 40.7 Å². The molecule has 1 aliphatic heterocycles. The zero-order valence-corrected chi connectivity index (χ0v) is 14.5. The van der Waals surface area contributed by atoms with Crippen molar-refractivity contribution in [3.05, 3.63) is 27.7 Å². The highest BCUT2D eigenvalue weighted by molar-refractivity contribution is 6.36. The Morgan fingerprint density at radius 2 is 1.91 bits per heavy atom. The van der Waals surface area contributed by atoms with Gasteiger partial charge in [0, 0.05) is 34.7 Å². The van der Waals surface area contributed by atoms with Gasteiger partial charge in [0.2, 0.25) is 11.8 Å². The van der Waals surface area contributed by atoms with E-state index in [1.54, 1.807) is 17.0 Å². The van der Waals surface area contributed by atoms with E-state index < -0.39 is 0 Å². The molecule has 4 nitrogen and oxygen atoms in total. The zero-order valence-electron chi connectivity index (χ0n) is 13.0. The third-order valence-corrected chi connectivity index (χ3v) is 4.77. The molecule has 1 atom stereocenters. The van der Waals surface area contributed by atoms with Crippen LogP contribution in [0, 0.1) is 12.8 Å². The highest BCUT2D eigenvalue weighted by Crippen LogP contribution is 2.29. The quantitative estimate of drug-likeness (QED) is 0.905. The molecular formula is C16H20Cl2N2O2. The minimum atomic E-state index is -0.209. The molecule has 0 radical (unpaired) electrons. The van der Waals surface area contributed by atoms with Gasteiger partial charge in [-0.25, -0.2) is 0 Å². The normalized spacial score (nSPS) is 18.7. The van der Waals surface area contributed by atoms with E-state index in [1.807, 2.05) is 20.8 Å². The standard InChI is InChI=1S/C16H20Cl2N2O2/c1-9(2)20-8-11(4-5-15(20)21)16(22)19-12-6-13(17)10(3)14(18)7-12/h6-7,9,11H,4-5,8H2,1-3H3,(H,19,22). The number of anilines is 1. The summed E-state index contributed by atoms with van der Waals surface area (Å²) in [6.45, 7) is 6.19. The monoisotopic (exact) mass is 342 g/mol. The fraction of sp³-hybridized carbons (Fsp3) is 0.500. The van der Waals surface area contributed by atoms with E-state index >= 15 is 0 Å². The lowest BCUT2D eigenvalue weighted by Crippen LogP contribution is -2.47. The van der Waals surface area contributed by atoms with Crippen LogP contribution in [0.15, 0.2) is 12.1 Å². The Labute approximate surface area is 140 Å². The smallest absolute Gasteiger partial charge is 0.229 e. The lowest BCUT2D eigenvalue weighted by molar-refractivity contribution is -0.138. The molecule has 1 aromatic carbocycles. The molecule has 1 N–H and O–H groups in total. The molecule has 0 bridgehead atoms. The first-order valence-electron chi connectivity index (χ1n) is 7.35. The number of carbonyl (C=O) groups excluding carboxylic acids is 2. The minimum absolute atomic E-state index is 0.103. The van der Waals surface area contributed by atoms with Gasteiger partial charge in [0.25, 0.3) is 0 Å². The first-order chi connectivity index (χ1) is 10.3. The number of rotatable bonds is 3. The number of nitrogens with one attached hydrogen (secondary N) is 1. The Kier molecular flexibility index (Phi) is 5.35. The topological polar surface area (TPSA) is 49.4 Å². The zero-order chi connectivity index (χ0) is 16.4. The summed E-state index contributed by atoms with van der Waals surface area (Å²) in [6, 6.07) is 3.48. The average Bonchev–Trinajstić information content (AvgIpc) is 2.44. The van der Waals surface area contributed by atoms with Gasteiger partial charge in [-0.05, 0) is 44.9 Å². The molecule has 1 heterocycles. The molecule has 1 unspecified atom stereocenters. The molecule has 1 aliphatic rings. The number of nitrogens with zero attached hydrogens (tertiary/aromatic N) is 1. The van der Waals surface area contributed by atoms with Gasteiger partial charge < -0.3 is 10.2 Å². The van der Waals surface area contributed by atoms with Crippen LogP contribution in [-0.2, 0) is 9.59 Å². The lowest BCUT2D eigenvalue weighted by Gasteiger charge is -2.34. The third kappa shape index (κ3) is 3.73. The van der Waals surface area contributed by atoms with Gasteiger partial charge in [0.1, 0.15) is 0 Å². The van der Waals surface area contributed by atoms with Crippen molar-refractivity contribution in [3.8, 4) is 0 Å². The molecular weight excluding hydrogens is 323 g/mol. The Bertz CT molecular complexity index is 579. The summed E-state index contributed by atoms with van der Waals surface area (Å²) in [4.78, 5) is 26.0. The van der Waals surface area contributed by atoms with Crippen LogP contribution in [0.25, 0.3) is 0 Å². The minimum Gasteiger partial charge on any atom is -0.339 e. The second-order valence-electron chi connectivity index (χ2n) is 5.93. The van der Waals surface area contributed by atoms with Crippen molar-refractivity contribution in [2.45, 2.75) is 39.7 Å². The van der Waals surface area contributed by atoms with Crippen LogP contribution in [-0.4, -0.2) is 29.3 Å². The van der Waals surface area contributed by atoms with Crippen molar-refractivity contribution in [1.82, 2.24) is 4.90 Å². The summed E-state index contributed by atoms with van der Waals surface area (Å²) in [7, 11) is 0. The van der Waals surface area contributed by atoms with E-state index in [0.717, 1.165) is 5.56 Å². The lowest BCUT2D eigenvalue weighted by atomic mass is 9.95. The van der Waals surface area contributed by atoms with E-state index in [-0.39, 0.29) is 23.8 Å². The number of hydrogen-bond donors (Lipinski definition) is 1. The molecule has 2 rings (SSSR count). The van der Waals surface area contributed by atoms with Crippen LogP contribution in [0.3, 0.4) is 0 Å². The van der Waals surface area contributed by atoms with Crippen LogP contribution in [0.1, 0.15) is 32.3 Å². The van der Waals surface area contributed by atoms with Gasteiger partial charge in [-0.15, -0.1) is 0 Å². The summed E-state index contributed by atoms with van der Waals surface area (Å²) in [5.74, 6) is -0.200. The summed E-state index contributed by atoms with van der Waals surface area (Å²) in [5, 5.41) is 3.89. The van der Waals surface area contributed by atoms with Gasteiger partial charge in [-0.3, -0.25) is 9.59 Å². The Morgan fingerprint density at radius 3 is 2.45 bits per heavy atom. The number of benzene rings is 1. The van der Waals surface area contributed by atoms with Crippen molar-refractivity contribution in [2.75, 3.05) is 11.9 Å². The SMILES string of the molecule is Cc1c(Cl)cc(NC(=O)C2CCC(=O)N(C(C)C)C2)cc1Cl. The van der Waals surface area contributed by atoms with Crippen LogP contribution in [0.4, 0.5) is 5.69 Å². The number of carbonyl (C=O) groups is 2. The predicted octanol–water partition coefficient (Wildman–Crippen LogP) is 3.89. The van der Waals surface area contributed by atoms with E-state index in [4.69, 9.17) is 23.2 Å². The molecule has 0 aromatic heterocycles. The molecule has 0 aliphatic carbocycles. The Hall–Kier alpha value is -1.26. The third-order valence-electron chi connectivity index (χ3n) is 3.99. The van der Waals surface area contributed by atoms with Gasteiger partial charge >= 0.3 is 0 Å². The number of amides is 2. The van der Waals surface area contributed by atoms with Crippen molar-refractivity contribution in [1.29, 1.82) is 0 Å². The number of halogens is 2. The van der Waals surface area contributed by atoms with Crippen molar-refractivity contribution < 1.29 is 9.59 Å². The number of piperidine rings is 1. The second kappa shape index (κ2) is 6.88. The van der Waals surface area contributed by atoms with Crippen LogP contribution < -0.4 is 5.32 Å². The predicted molar refractivity (Wildman–Crippen MR) is 89.4 cm³/mol. The maximum Gasteiger partial charge on any atom is 0.229 e. The van der Waals surface area contributed by atoms with Crippen molar-refractivity contribution in [3.63, 3.8) is 0 Å². The highest BCUT2D eigenvalue weighted by atomic mass is 35.5. The molecule has 0 saturated carbocycles. The summed E-state index contributed by atoms with van der Waals surface area (Å²) in [5.41, 5.74) is 1.37.